The van der Waals surface area contributed by atoms with Crippen molar-refractivity contribution in [3.63, 3.8) is 0 Å². The average molecular weight is 360 g/mol. The van der Waals surface area contributed by atoms with Gasteiger partial charge in [-0.25, -0.2) is 9.97 Å². The van der Waals surface area contributed by atoms with E-state index in [1.807, 2.05) is 23.1 Å². The first kappa shape index (κ1) is 16.1. The molecule has 3 aromatic rings. The minimum absolute atomic E-state index is 0.0334. The quantitative estimate of drug-likeness (QED) is 0.776. The number of amides is 1. The van der Waals surface area contributed by atoms with Gasteiger partial charge >= 0.3 is 0 Å². The van der Waals surface area contributed by atoms with E-state index in [4.69, 9.17) is 0 Å². The number of aromatic amines is 1. The Morgan fingerprint density at radius 2 is 2.00 bits per heavy atom. The van der Waals surface area contributed by atoms with Crippen LogP contribution < -0.4 is 0 Å². The number of H-pyrrole nitrogens is 1. The molecule has 1 aliphatic carbocycles. The molecule has 1 amide bonds. The van der Waals surface area contributed by atoms with Gasteiger partial charge in [0.15, 0.2) is 5.82 Å². The minimum atomic E-state index is -0.0334. The van der Waals surface area contributed by atoms with Crippen molar-refractivity contribution in [1.29, 1.82) is 0 Å². The lowest BCUT2D eigenvalue weighted by Crippen LogP contribution is -2.36. The number of carbonyl (C=O) groups is 1. The fourth-order valence-electron chi connectivity index (χ4n) is 3.76. The predicted molar refractivity (Wildman–Crippen MR) is 98.9 cm³/mol. The van der Waals surface area contributed by atoms with Gasteiger partial charge in [0.25, 0.3) is 5.91 Å². The van der Waals surface area contributed by atoms with Crippen LogP contribution in [0.15, 0.2) is 36.8 Å². The third kappa shape index (κ3) is 2.89. The van der Waals surface area contributed by atoms with Gasteiger partial charge in [-0.05, 0) is 25.0 Å². The van der Waals surface area contributed by atoms with E-state index >= 15 is 0 Å². The molecule has 1 aliphatic heterocycles. The number of rotatable bonds is 3. The van der Waals surface area contributed by atoms with Crippen molar-refractivity contribution in [1.82, 2.24) is 30.0 Å². The molecule has 0 spiro atoms. The Morgan fingerprint density at radius 3 is 2.70 bits per heavy atom. The molecule has 1 N–H and O–H groups in total. The molecule has 136 valence electrons. The zero-order valence-corrected chi connectivity index (χ0v) is 14.9. The number of nitrogens with zero attached hydrogens (tertiary/aromatic N) is 5. The van der Waals surface area contributed by atoms with Crippen LogP contribution in [0, 0.1) is 0 Å². The zero-order chi connectivity index (χ0) is 18.2. The second kappa shape index (κ2) is 6.57. The molecule has 7 nitrogen and oxygen atoms in total. The van der Waals surface area contributed by atoms with E-state index in [0.717, 1.165) is 12.1 Å². The summed E-state index contributed by atoms with van der Waals surface area (Å²) in [6.07, 6.45) is 9.38. The Labute approximate surface area is 156 Å². The zero-order valence-electron chi connectivity index (χ0n) is 14.9. The summed E-state index contributed by atoms with van der Waals surface area (Å²) in [4.78, 5) is 27.7. The minimum Gasteiger partial charge on any atom is -0.334 e. The lowest BCUT2D eigenvalue weighted by molar-refractivity contribution is 0.0732. The highest BCUT2D eigenvalue weighted by Gasteiger charge is 2.31. The van der Waals surface area contributed by atoms with Crippen LogP contribution in [0.5, 0.6) is 0 Å². The van der Waals surface area contributed by atoms with Gasteiger partial charge in [0.1, 0.15) is 5.69 Å². The van der Waals surface area contributed by atoms with Crippen LogP contribution in [0.2, 0.25) is 0 Å². The monoisotopic (exact) mass is 360 g/mol. The first-order valence-corrected chi connectivity index (χ1v) is 9.38. The first-order valence-electron chi connectivity index (χ1n) is 9.38. The Balaban J connectivity index is 1.35. The Bertz CT molecular complexity index is 962. The van der Waals surface area contributed by atoms with Gasteiger partial charge in [-0.15, -0.1) is 0 Å². The molecule has 0 radical (unpaired) electrons. The molecule has 1 saturated carbocycles. The van der Waals surface area contributed by atoms with E-state index in [9.17, 15) is 4.79 Å². The summed E-state index contributed by atoms with van der Waals surface area (Å²) in [5.41, 5.74) is 4.76. The van der Waals surface area contributed by atoms with E-state index in [-0.39, 0.29) is 5.91 Å². The normalized spacial score (nSPS) is 16.7. The fraction of sp³-hybridized carbons (Fsp3) is 0.350. The van der Waals surface area contributed by atoms with Crippen molar-refractivity contribution in [2.45, 2.75) is 38.1 Å². The molecule has 5 rings (SSSR count). The van der Waals surface area contributed by atoms with E-state index < -0.39 is 0 Å². The van der Waals surface area contributed by atoms with Crippen LogP contribution >= 0.6 is 0 Å². The van der Waals surface area contributed by atoms with Crippen molar-refractivity contribution in [3.8, 4) is 11.5 Å². The van der Waals surface area contributed by atoms with Crippen molar-refractivity contribution < 1.29 is 4.79 Å². The molecular weight excluding hydrogens is 340 g/mol. The number of carbonyl (C=O) groups excluding carboxylic acids is 1. The van der Waals surface area contributed by atoms with Crippen molar-refractivity contribution in [3.05, 3.63) is 59.3 Å². The molecule has 0 aromatic carbocycles. The van der Waals surface area contributed by atoms with Gasteiger partial charge in [-0.3, -0.25) is 14.9 Å². The molecule has 2 aliphatic rings. The smallest absolute Gasteiger partial charge is 0.257 e. The summed E-state index contributed by atoms with van der Waals surface area (Å²) < 4.78 is 0. The van der Waals surface area contributed by atoms with Crippen molar-refractivity contribution in [2.75, 3.05) is 6.54 Å². The van der Waals surface area contributed by atoms with Gasteiger partial charge < -0.3 is 4.90 Å². The van der Waals surface area contributed by atoms with E-state index in [0.29, 0.717) is 36.1 Å². The van der Waals surface area contributed by atoms with Crippen LogP contribution in [0.25, 0.3) is 11.5 Å². The van der Waals surface area contributed by atoms with E-state index in [1.165, 1.54) is 30.5 Å². The van der Waals surface area contributed by atoms with Gasteiger partial charge in [-0.1, -0.05) is 12.5 Å². The standard InChI is InChI=1S/C20H20N6O/c27-20(14-10-22-19(23-11-14)17-6-1-2-8-21-17)26-9-7-16-15(12-26)18(25-24-16)13-4-3-5-13/h1-2,6,8,10-11,13H,3-5,7,9,12H2,(H,24,25). The molecule has 1 fully saturated rings. The summed E-state index contributed by atoms with van der Waals surface area (Å²) in [5, 5.41) is 7.72. The highest BCUT2D eigenvalue weighted by atomic mass is 16.2. The summed E-state index contributed by atoms with van der Waals surface area (Å²) in [7, 11) is 0. The summed E-state index contributed by atoms with van der Waals surface area (Å²) in [6, 6.07) is 5.59. The Morgan fingerprint density at radius 1 is 1.15 bits per heavy atom. The van der Waals surface area contributed by atoms with Gasteiger partial charge in [-0.2, -0.15) is 5.10 Å². The molecule has 7 heteroatoms. The summed E-state index contributed by atoms with van der Waals surface area (Å²) in [6.45, 7) is 1.29. The second-order valence-electron chi connectivity index (χ2n) is 7.18. The number of fused-ring (bicyclic) bond motifs is 1. The van der Waals surface area contributed by atoms with Crippen molar-refractivity contribution in [2.24, 2.45) is 0 Å². The second-order valence-corrected chi connectivity index (χ2v) is 7.18. The number of pyridine rings is 1. The average Bonchev–Trinajstić information content (AvgIpc) is 3.10. The summed E-state index contributed by atoms with van der Waals surface area (Å²) >= 11 is 0. The maximum Gasteiger partial charge on any atom is 0.257 e. The maximum absolute atomic E-state index is 12.9. The van der Waals surface area contributed by atoms with Crippen LogP contribution in [-0.2, 0) is 13.0 Å². The van der Waals surface area contributed by atoms with Crippen LogP contribution in [0.1, 0.15) is 52.5 Å². The first-order chi connectivity index (χ1) is 13.3. The highest BCUT2D eigenvalue weighted by Crippen LogP contribution is 2.38. The lowest BCUT2D eigenvalue weighted by Gasteiger charge is -2.30. The molecule has 27 heavy (non-hydrogen) atoms. The molecule has 0 unspecified atom stereocenters. The number of aromatic nitrogens is 5. The van der Waals surface area contributed by atoms with E-state index in [1.54, 1.807) is 18.6 Å². The van der Waals surface area contributed by atoms with E-state index in [2.05, 4.69) is 25.1 Å². The maximum atomic E-state index is 12.9. The predicted octanol–water partition coefficient (Wildman–Crippen LogP) is 2.73. The van der Waals surface area contributed by atoms with Crippen LogP contribution in [-0.4, -0.2) is 42.5 Å². The molecular formula is C20H20N6O. The molecule has 0 atom stereocenters. The van der Waals surface area contributed by atoms with Crippen LogP contribution in [0.3, 0.4) is 0 Å². The van der Waals surface area contributed by atoms with Gasteiger partial charge in [0.2, 0.25) is 0 Å². The highest BCUT2D eigenvalue weighted by molar-refractivity contribution is 5.93. The van der Waals surface area contributed by atoms with Gasteiger partial charge in [0, 0.05) is 55.3 Å². The van der Waals surface area contributed by atoms with Gasteiger partial charge in [0.05, 0.1) is 11.3 Å². The lowest BCUT2D eigenvalue weighted by atomic mass is 9.81. The van der Waals surface area contributed by atoms with Crippen LogP contribution in [0.4, 0.5) is 0 Å². The molecule has 0 saturated heterocycles. The largest absolute Gasteiger partial charge is 0.334 e. The number of hydrogen-bond donors (Lipinski definition) is 1. The molecule has 4 heterocycles. The molecule has 3 aromatic heterocycles. The SMILES string of the molecule is O=C(c1cnc(-c2ccccn2)nc1)N1CCc2[nH]nc(C3CCC3)c2C1. The topological polar surface area (TPSA) is 87.7 Å². The summed E-state index contributed by atoms with van der Waals surface area (Å²) in [5.74, 6) is 1.05. The Hall–Kier alpha value is -3.09. The molecule has 0 bridgehead atoms. The number of nitrogens with one attached hydrogen (secondary N) is 1. The third-order valence-corrected chi connectivity index (χ3v) is 5.54. The Kier molecular flexibility index (Phi) is 3.92. The fourth-order valence-corrected chi connectivity index (χ4v) is 3.76. The number of hydrogen-bond acceptors (Lipinski definition) is 5. The van der Waals surface area contributed by atoms with Crippen molar-refractivity contribution >= 4 is 5.91 Å². The third-order valence-electron chi connectivity index (χ3n) is 5.54.